The molecule has 5 nitrogen and oxygen atoms in total. The number of nitrogens with one attached hydrogen (secondary N) is 2. The quantitative estimate of drug-likeness (QED) is 0.772. The van der Waals surface area contributed by atoms with Crippen molar-refractivity contribution >= 4 is 34.8 Å². The minimum absolute atomic E-state index is 0.104. The number of anilines is 2. The molecule has 0 saturated carbocycles. The molecular weight excluding hydrogens is 326 g/mol. The second kappa shape index (κ2) is 8.92. The standard InChI is InChI=1S/C18H26ClN3O2/c1-3-9-20-18(24)15-12-14(21-17(23)13(2)19)7-8-16(15)22-10-5-4-6-11-22/h7-8,12-13H,3-6,9-11H2,1-2H3,(H,20,24)(H,21,23). The van der Waals surface area contributed by atoms with E-state index in [-0.39, 0.29) is 11.8 Å². The lowest BCUT2D eigenvalue weighted by molar-refractivity contribution is -0.115. The van der Waals surface area contributed by atoms with Gasteiger partial charge in [0.2, 0.25) is 5.91 Å². The second-order valence-electron chi connectivity index (χ2n) is 6.14. The Balaban J connectivity index is 2.28. The summed E-state index contributed by atoms with van der Waals surface area (Å²) in [7, 11) is 0. The zero-order chi connectivity index (χ0) is 17.5. The molecule has 0 aliphatic carbocycles. The van der Waals surface area contributed by atoms with Gasteiger partial charge in [-0.3, -0.25) is 9.59 Å². The van der Waals surface area contributed by atoms with Crippen LogP contribution in [0.4, 0.5) is 11.4 Å². The van der Waals surface area contributed by atoms with Crippen molar-refractivity contribution in [3.8, 4) is 0 Å². The average molecular weight is 352 g/mol. The van der Waals surface area contributed by atoms with Crippen molar-refractivity contribution in [2.24, 2.45) is 0 Å². The lowest BCUT2D eigenvalue weighted by Gasteiger charge is -2.30. The lowest BCUT2D eigenvalue weighted by Crippen LogP contribution is -2.33. The molecule has 1 saturated heterocycles. The van der Waals surface area contributed by atoms with E-state index in [4.69, 9.17) is 11.6 Å². The van der Waals surface area contributed by atoms with E-state index in [1.54, 1.807) is 13.0 Å². The Morgan fingerprint density at radius 2 is 1.96 bits per heavy atom. The Kier molecular flexibility index (Phi) is 6.91. The van der Waals surface area contributed by atoms with Crippen LogP contribution >= 0.6 is 11.6 Å². The fraction of sp³-hybridized carbons (Fsp3) is 0.556. The van der Waals surface area contributed by atoms with Crippen LogP contribution in [0.15, 0.2) is 18.2 Å². The van der Waals surface area contributed by atoms with Gasteiger partial charge < -0.3 is 15.5 Å². The molecular formula is C18H26ClN3O2. The fourth-order valence-corrected chi connectivity index (χ4v) is 2.84. The highest BCUT2D eigenvalue weighted by molar-refractivity contribution is 6.32. The second-order valence-corrected chi connectivity index (χ2v) is 6.80. The molecule has 0 aromatic heterocycles. The van der Waals surface area contributed by atoms with Crippen LogP contribution in [0.1, 0.15) is 49.9 Å². The summed E-state index contributed by atoms with van der Waals surface area (Å²) >= 11 is 5.80. The van der Waals surface area contributed by atoms with Crippen molar-refractivity contribution in [1.82, 2.24) is 5.32 Å². The maximum atomic E-state index is 12.6. The van der Waals surface area contributed by atoms with Crippen molar-refractivity contribution in [3.63, 3.8) is 0 Å². The summed E-state index contributed by atoms with van der Waals surface area (Å²) in [5, 5.41) is 5.06. The molecule has 2 amide bonds. The van der Waals surface area contributed by atoms with Gasteiger partial charge in [-0.1, -0.05) is 6.92 Å². The van der Waals surface area contributed by atoms with Crippen LogP contribution in [0.3, 0.4) is 0 Å². The zero-order valence-electron chi connectivity index (χ0n) is 14.4. The van der Waals surface area contributed by atoms with Gasteiger partial charge in [0.15, 0.2) is 0 Å². The summed E-state index contributed by atoms with van der Waals surface area (Å²) in [6.45, 7) is 6.18. The highest BCUT2D eigenvalue weighted by Crippen LogP contribution is 2.27. The van der Waals surface area contributed by atoms with E-state index in [1.165, 1.54) is 6.42 Å². The molecule has 6 heteroatoms. The third-order valence-corrected chi connectivity index (χ3v) is 4.30. The maximum Gasteiger partial charge on any atom is 0.253 e. The van der Waals surface area contributed by atoms with Crippen molar-refractivity contribution in [2.75, 3.05) is 29.9 Å². The molecule has 1 unspecified atom stereocenters. The number of alkyl halides is 1. The van der Waals surface area contributed by atoms with Gasteiger partial charge >= 0.3 is 0 Å². The first-order valence-corrected chi connectivity index (χ1v) is 9.08. The Morgan fingerprint density at radius 3 is 2.58 bits per heavy atom. The molecule has 132 valence electrons. The van der Waals surface area contributed by atoms with Gasteiger partial charge in [-0.2, -0.15) is 0 Å². The first-order valence-electron chi connectivity index (χ1n) is 8.65. The van der Waals surface area contributed by atoms with Gasteiger partial charge in [-0.05, 0) is 50.8 Å². The number of amides is 2. The summed E-state index contributed by atoms with van der Waals surface area (Å²) in [6.07, 6.45) is 4.39. The maximum absolute atomic E-state index is 12.6. The van der Waals surface area contributed by atoms with Crippen LogP contribution in [-0.2, 0) is 4.79 Å². The molecule has 1 fully saturated rings. The van der Waals surface area contributed by atoms with Crippen LogP contribution < -0.4 is 15.5 Å². The lowest BCUT2D eigenvalue weighted by atomic mass is 10.1. The van der Waals surface area contributed by atoms with Crippen molar-refractivity contribution in [1.29, 1.82) is 0 Å². The number of carbonyl (C=O) groups excluding carboxylic acids is 2. The van der Waals surface area contributed by atoms with Crippen LogP contribution in [0, 0.1) is 0 Å². The first-order chi connectivity index (χ1) is 11.5. The molecule has 2 rings (SSSR count). The Bertz CT molecular complexity index is 584. The number of nitrogens with zero attached hydrogens (tertiary/aromatic N) is 1. The highest BCUT2D eigenvalue weighted by Gasteiger charge is 2.20. The topological polar surface area (TPSA) is 61.4 Å². The van der Waals surface area contributed by atoms with Crippen molar-refractivity contribution < 1.29 is 9.59 Å². The minimum Gasteiger partial charge on any atom is -0.371 e. The smallest absolute Gasteiger partial charge is 0.253 e. The van der Waals surface area contributed by atoms with E-state index >= 15 is 0 Å². The number of rotatable bonds is 6. The molecule has 1 aliphatic heterocycles. The van der Waals surface area contributed by atoms with Gasteiger partial charge in [0.05, 0.1) is 5.56 Å². The number of benzene rings is 1. The molecule has 0 bridgehead atoms. The molecule has 1 aromatic rings. The van der Waals surface area contributed by atoms with Crippen LogP contribution in [0.25, 0.3) is 0 Å². The van der Waals surface area contributed by atoms with Crippen molar-refractivity contribution in [3.05, 3.63) is 23.8 Å². The Labute approximate surface area is 148 Å². The molecule has 0 spiro atoms. The highest BCUT2D eigenvalue weighted by atomic mass is 35.5. The minimum atomic E-state index is -0.621. The fourth-order valence-electron chi connectivity index (χ4n) is 2.78. The molecule has 0 radical (unpaired) electrons. The molecule has 1 aromatic carbocycles. The van der Waals surface area contributed by atoms with E-state index < -0.39 is 5.38 Å². The SMILES string of the molecule is CCCNC(=O)c1cc(NC(=O)C(C)Cl)ccc1N1CCCCC1. The van der Waals surface area contributed by atoms with Gasteiger partial charge in [0.1, 0.15) is 5.38 Å². The largest absolute Gasteiger partial charge is 0.371 e. The van der Waals surface area contributed by atoms with Crippen LogP contribution in [0.2, 0.25) is 0 Å². The summed E-state index contributed by atoms with van der Waals surface area (Å²) in [5.74, 6) is -0.380. The van der Waals surface area contributed by atoms with Gasteiger partial charge in [-0.25, -0.2) is 0 Å². The number of halogens is 1. The molecule has 1 atom stereocenters. The summed E-state index contributed by atoms with van der Waals surface area (Å²) < 4.78 is 0. The number of piperidine rings is 1. The summed E-state index contributed by atoms with van der Waals surface area (Å²) in [5.41, 5.74) is 2.13. The summed E-state index contributed by atoms with van der Waals surface area (Å²) in [6, 6.07) is 5.49. The number of hydrogen-bond donors (Lipinski definition) is 2. The number of hydrogen-bond acceptors (Lipinski definition) is 3. The third-order valence-electron chi connectivity index (χ3n) is 4.10. The van der Waals surface area contributed by atoms with Crippen LogP contribution in [0.5, 0.6) is 0 Å². The van der Waals surface area contributed by atoms with E-state index in [1.807, 2.05) is 19.1 Å². The van der Waals surface area contributed by atoms with Crippen molar-refractivity contribution in [2.45, 2.75) is 44.9 Å². The predicted molar refractivity (Wildman–Crippen MR) is 99.1 cm³/mol. The molecule has 1 aliphatic rings. The number of carbonyl (C=O) groups is 2. The van der Waals surface area contributed by atoms with E-state index in [2.05, 4.69) is 15.5 Å². The average Bonchev–Trinajstić information content (AvgIpc) is 2.60. The van der Waals surface area contributed by atoms with Gasteiger partial charge in [0, 0.05) is 31.0 Å². The monoisotopic (exact) mass is 351 g/mol. The van der Waals surface area contributed by atoms with Gasteiger partial charge in [0.25, 0.3) is 5.91 Å². The van der Waals surface area contributed by atoms with Crippen LogP contribution in [-0.4, -0.2) is 36.8 Å². The predicted octanol–water partition coefficient (Wildman–Crippen LogP) is 3.38. The van der Waals surface area contributed by atoms with E-state index in [9.17, 15) is 9.59 Å². The van der Waals surface area contributed by atoms with E-state index in [0.29, 0.717) is 17.8 Å². The Hall–Kier alpha value is -1.75. The third kappa shape index (κ3) is 4.87. The van der Waals surface area contributed by atoms with Gasteiger partial charge in [-0.15, -0.1) is 11.6 Å². The zero-order valence-corrected chi connectivity index (χ0v) is 15.2. The molecule has 2 N–H and O–H groups in total. The normalized spacial score (nSPS) is 15.7. The van der Waals surface area contributed by atoms with E-state index in [0.717, 1.165) is 38.0 Å². The first kappa shape index (κ1) is 18.6. The Morgan fingerprint density at radius 1 is 1.25 bits per heavy atom. The summed E-state index contributed by atoms with van der Waals surface area (Å²) in [4.78, 5) is 26.6. The molecule has 1 heterocycles. The molecule has 24 heavy (non-hydrogen) atoms.